The van der Waals surface area contributed by atoms with Crippen molar-refractivity contribution in [2.75, 3.05) is 13.2 Å². The Balaban J connectivity index is 1.75. The summed E-state index contributed by atoms with van der Waals surface area (Å²) in [5.41, 5.74) is 0.969. The van der Waals surface area contributed by atoms with Crippen molar-refractivity contribution in [3.05, 3.63) is 23.8 Å². The van der Waals surface area contributed by atoms with Crippen LogP contribution in [0.4, 0.5) is 0 Å². The van der Waals surface area contributed by atoms with Crippen LogP contribution in [0, 0.1) is 11.8 Å². The van der Waals surface area contributed by atoms with Crippen LogP contribution in [0.1, 0.15) is 50.7 Å². The number of ether oxygens (including phenoxy) is 2. The second-order valence-corrected chi connectivity index (χ2v) is 6.05. The topological polar surface area (TPSA) is 38.7 Å². The predicted octanol–water partition coefficient (Wildman–Crippen LogP) is 3.71. The van der Waals surface area contributed by atoms with Crippen molar-refractivity contribution < 1.29 is 14.6 Å². The first kappa shape index (κ1) is 13.7. The molecule has 1 saturated carbocycles. The lowest BCUT2D eigenvalue weighted by atomic mass is 9.92. The van der Waals surface area contributed by atoms with Gasteiger partial charge in [0.15, 0.2) is 11.5 Å². The molecule has 1 N–H and O–H groups in total. The van der Waals surface area contributed by atoms with E-state index in [4.69, 9.17) is 9.47 Å². The Morgan fingerprint density at radius 3 is 2.75 bits per heavy atom. The monoisotopic (exact) mass is 276 g/mol. The maximum Gasteiger partial charge on any atom is 0.161 e. The van der Waals surface area contributed by atoms with Crippen LogP contribution in [-0.4, -0.2) is 18.3 Å². The summed E-state index contributed by atoms with van der Waals surface area (Å²) in [5.74, 6) is 2.76. The molecule has 3 nitrogen and oxygen atoms in total. The molecule has 0 bridgehead atoms. The summed E-state index contributed by atoms with van der Waals surface area (Å²) < 4.78 is 11.3. The Hall–Kier alpha value is -1.22. The minimum atomic E-state index is -0.372. The highest BCUT2D eigenvalue weighted by Gasteiger charge is 2.30. The summed E-state index contributed by atoms with van der Waals surface area (Å²) in [6, 6.07) is 5.88. The van der Waals surface area contributed by atoms with E-state index < -0.39 is 0 Å². The summed E-state index contributed by atoms with van der Waals surface area (Å²) in [7, 11) is 0. The summed E-state index contributed by atoms with van der Waals surface area (Å²) >= 11 is 0. The molecule has 3 unspecified atom stereocenters. The molecule has 3 atom stereocenters. The molecule has 0 amide bonds. The summed E-state index contributed by atoms with van der Waals surface area (Å²) in [5, 5.41) is 10.6. The van der Waals surface area contributed by atoms with E-state index in [2.05, 4.69) is 6.92 Å². The second kappa shape index (κ2) is 6.04. The van der Waals surface area contributed by atoms with Gasteiger partial charge in [-0.05, 0) is 42.4 Å². The predicted molar refractivity (Wildman–Crippen MR) is 78.1 cm³/mol. The Morgan fingerprint density at radius 1 is 1.20 bits per heavy atom. The third kappa shape index (κ3) is 2.78. The zero-order chi connectivity index (χ0) is 13.9. The van der Waals surface area contributed by atoms with Crippen molar-refractivity contribution in [2.24, 2.45) is 11.8 Å². The molecule has 20 heavy (non-hydrogen) atoms. The largest absolute Gasteiger partial charge is 0.490 e. The quantitative estimate of drug-likeness (QED) is 0.914. The Morgan fingerprint density at radius 2 is 2.00 bits per heavy atom. The molecule has 2 aliphatic rings. The highest BCUT2D eigenvalue weighted by molar-refractivity contribution is 5.44. The molecule has 1 fully saturated rings. The number of aliphatic hydroxyl groups excluding tert-OH is 1. The number of rotatable bonds is 3. The van der Waals surface area contributed by atoms with Gasteiger partial charge in [0.1, 0.15) is 0 Å². The fraction of sp³-hybridized carbons (Fsp3) is 0.647. The van der Waals surface area contributed by atoms with E-state index in [-0.39, 0.29) is 6.10 Å². The average molecular weight is 276 g/mol. The zero-order valence-corrected chi connectivity index (χ0v) is 12.2. The van der Waals surface area contributed by atoms with Gasteiger partial charge in [-0.2, -0.15) is 0 Å². The molecule has 0 spiro atoms. The van der Waals surface area contributed by atoms with Crippen LogP contribution in [0.3, 0.4) is 0 Å². The second-order valence-electron chi connectivity index (χ2n) is 6.05. The van der Waals surface area contributed by atoms with Crippen molar-refractivity contribution in [1.82, 2.24) is 0 Å². The maximum absolute atomic E-state index is 10.6. The minimum absolute atomic E-state index is 0.372. The van der Waals surface area contributed by atoms with Crippen LogP contribution in [0.2, 0.25) is 0 Å². The van der Waals surface area contributed by atoms with Crippen molar-refractivity contribution in [3.63, 3.8) is 0 Å². The van der Waals surface area contributed by atoms with Gasteiger partial charge in [0.25, 0.3) is 0 Å². The third-order valence-corrected chi connectivity index (χ3v) is 4.72. The number of hydrogen-bond acceptors (Lipinski definition) is 3. The van der Waals surface area contributed by atoms with Gasteiger partial charge >= 0.3 is 0 Å². The Labute approximate surface area is 120 Å². The summed E-state index contributed by atoms with van der Waals surface area (Å²) in [4.78, 5) is 0. The van der Waals surface area contributed by atoms with Gasteiger partial charge in [-0.3, -0.25) is 0 Å². The first-order valence-electron chi connectivity index (χ1n) is 7.85. The van der Waals surface area contributed by atoms with Crippen molar-refractivity contribution >= 4 is 0 Å². The van der Waals surface area contributed by atoms with Gasteiger partial charge < -0.3 is 14.6 Å². The van der Waals surface area contributed by atoms with Gasteiger partial charge in [-0.15, -0.1) is 0 Å². The zero-order valence-electron chi connectivity index (χ0n) is 12.2. The van der Waals surface area contributed by atoms with Gasteiger partial charge in [-0.1, -0.05) is 25.8 Å². The van der Waals surface area contributed by atoms with Crippen LogP contribution in [0.25, 0.3) is 0 Å². The molecule has 1 aromatic rings. The average Bonchev–Trinajstić information content (AvgIpc) is 2.84. The van der Waals surface area contributed by atoms with E-state index in [1.165, 1.54) is 12.8 Å². The van der Waals surface area contributed by atoms with Crippen LogP contribution in [0.5, 0.6) is 11.5 Å². The first-order chi connectivity index (χ1) is 9.78. The maximum atomic E-state index is 10.6. The fourth-order valence-electron chi connectivity index (χ4n) is 3.41. The van der Waals surface area contributed by atoms with Gasteiger partial charge in [-0.25, -0.2) is 0 Å². The highest BCUT2D eigenvalue weighted by Crippen LogP contribution is 2.42. The molecule has 0 saturated heterocycles. The van der Waals surface area contributed by atoms with Gasteiger partial charge in [0.05, 0.1) is 19.3 Å². The summed E-state index contributed by atoms with van der Waals surface area (Å²) in [6.45, 7) is 3.64. The SMILES string of the molecule is CCC1CCC(C(O)c2ccc3c(c2)OCCCO3)C1. The molecule has 3 heteroatoms. The lowest BCUT2D eigenvalue weighted by molar-refractivity contribution is 0.108. The van der Waals surface area contributed by atoms with Gasteiger partial charge in [0, 0.05) is 6.42 Å². The van der Waals surface area contributed by atoms with Crippen molar-refractivity contribution in [1.29, 1.82) is 0 Å². The minimum Gasteiger partial charge on any atom is -0.490 e. The Bertz CT molecular complexity index is 458. The van der Waals surface area contributed by atoms with E-state index in [1.54, 1.807) is 0 Å². The smallest absolute Gasteiger partial charge is 0.161 e. The fourth-order valence-corrected chi connectivity index (χ4v) is 3.41. The Kier molecular flexibility index (Phi) is 4.16. The third-order valence-electron chi connectivity index (χ3n) is 4.72. The van der Waals surface area contributed by atoms with E-state index in [1.807, 2.05) is 18.2 Å². The van der Waals surface area contributed by atoms with Crippen LogP contribution in [0.15, 0.2) is 18.2 Å². The van der Waals surface area contributed by atoms with Gasteiger partial charge in [0.2, 0.25) is 0 Å². The summed E-state index contributed by atoms with van der Waals surface area (Å²) in [6.07, 6.45) is 5.30. The molecule has 3 rings (SSSR count). The van der Waals surface area contributed by atoms with E-state index in [9.17, 15) is 5.11 Å². The standard InChI is InChI=1S/C17H24O3/c1-2-12-4-5-13(10-12)17(18)14-6-7-15-16(11-14)20-9-3-8-19-15/h6-7,11-13,17-18H,2-5,8-10H2,1H3. The van der Waals surface area contributed by atoms with Crippen LogP contribution in [-0.2, 0) is 0 Å². The molecule has 110 valence electrons. The molecule has 1 heterocycles. The highest BCUT2D eigenvalue weighted by atomic mass is 16.5. The molecular weight excluding hydrogens is 252 g/mol. The number of hydrogen-bond donors (Lipinski definition) is 1. The van der Waals surface area contributed by atoms with Crippen molar-refractivity contribution in [2.45, 2.75) is 45.1 Å². The lowest BCUT2D eigenvalue weighted by Gasteiger charge is -2.20. The molecule has 1 aliphatic heterocycles. The number of aliphatic hydroxyl groups is 1. The molecule has 0 aromatic heterocycles. The number of benzene rings is 1. The van der Waals surface area contributed by atoms with Crippen LogP contribution < -0.4 is 9.47 Å². The number of fused-ring (bicyclic) bond motifs is 1. The molecule has 1 aromatic carbocycles. The van der Waals surface area contributed by atoms with E-state index in [0.717, 1.165) is 42.2 Å². The molecule has 0 radical (unpaired) electrons. The van der Waals surface area contributed by atoms with Crippen molar-refractivity contribution in [3.8, 4) is 11.5 Å². The molecular formula is C17H24O3. The molecule has 1 aliphatic carbocycles. The normalized spacial score (nSPS) is 27.1. The van der Waals surface area contributed by atoms with E-state index >= 15 is 0 Å². The lowest BCUT2D eigenvalue weighted by Crippen LogP contribution is -2.10. The van der Waals surface area contributed by atoms with Crippen LogP contribution >= 0.6 is 0 Å². The van der Waals surface area contributed by atoms with E-state index in [0.29, 0.717) is 19.1 Å². The first-order valence-corrected chi connectivity index (χ1v) is 7.85.